The van der Waals surface area contributed by atoms with Gasteiger partial charge in [0.05, 0.1) is 30.7 Å². The highest BCUT2D eigenvalue weighted by atomic mass is 16.5. The van der Waals surface area contributed by atoms with Crippen LogP contribution in [0.1, 0.15) is 6.92 Å². The lowest BCUT2D eigenvalue weighted by Crippen LogP contribution is -2.43. The molecule has 134 valence electrons. The summed E-state index contributed by atoms with van der Waals surface area (Å²) in [6.07, 6.45) is 0.165. The lowest BCUT2D eigenvalue weighted by atomic mass is 10.1. The molecule has 0 saturated carbocycles. The topological polar surface area (TPSA) is 91.8 Å². The number of hydrogen-bond donors (Lipinski definition) is 3. The van der Waals surface area contributed by atoms with E-state index in [1.807, 2.05) is 24.3 Å². The van der Waals surface area contributed by atoms with E-state index >= 15 is 0 Å². The summed E-state index contributed by atoms with van der Waals surface area (Å²) in [7, 11) is 0. The van der Waals surface area contributed by atoms with Gasteiger partial charge in [0.2, 0.25) is 0 Å². The summed E-state index contributed by atoms with van der Waals surface area (Å²) < 4.78 is 17.7. The Bertz CT molecular complexity index is 702. The zero-order chi connectivity index (χ0) is 17.6. The van der Waals surface area contributed by atoms with Crippen molar-refractivity contribution in [2.75, 3.05) is 37.8 Å². The first-order valence-electron chi connectivity index (χ1n) is 8.50. The fourth-order valence-electron chi connectivity index (χ4n) is 2.68. The van der Waals surface area contributed by atoms with Crippen LogP contribution in [-0.2, 0) is 4.74 Å². The molecule has 3 rings (SSSR count). The molecule has 0 aromatic heterocycles. The maximum atomic E-state index is 5.99. The molecule has 5 N–H and O–H groups in total. The minimum Gasteiger partial charge on any atom is -0.489 e. The van der Waals surface area contributed by atoms with Gasteiger partial charge in [0.1, 0.15) is 5.75 Å². The van der Waals surface area contributed by atoms with E-state index in [9.17, 15) is 0 Å². The molecule has 2 unspecified atom stereocenters. The normalized spacial score (nSPS) is 18.5. The van der Waals surface area contributed by atoms with Gasteiger partial charge in [-0.3, -0.25) is 0 Å². The highest BCUT2D eigenvalue weighted by molar-refractivity contribution is 5.65. The molecule has 0 radical (unpaired) electrons. The summed E-state index contributed by atoms with van der Waals surface area (Å²) in [6, 6.07) is 12.8. The molecule has 1 saturated heterocycles. The Morgan fingerprint density at radius 3 is 2.68 bits per heavy atom. The highest BCUT2D eigenvalue weighted by Gasteiger charge is 2.21. The van der Waals surface area contributed by atoms with Crippen molar-refractivity contribution >= 4 is 11.4 Å². The number of nitrogens with two attached hydrogens (primary N) is 2. The van der Waals surface area contributed by atoms with Crippen LogP contribution in [0.15, 0.2) is 42.5 Å². The Kier molecular flexibility index (Phi) is 5.63. The van der Waals surface area contributed by atoms with Crippen LogP contribution in [0.4, 0.5) is 11.4 Å². The summed E-state index contributed by atoms with van der Waals surface area (Å²) in [4.78, 5) is 0. The van der Waals surface area contributed by atoms with Crippen LogP contribution in [0.25, 0.3) is 0 Å². The molecule has 2 atom stereocenters. The monoisotopic (exact) mass is 343 g/mol. The van der Waals surface area contributed by atoms with Crippen LogP contribution < -0.4 is 26.3 Å². The Morgan fingerprint density at radius 1 is 1.16 bits per heavy atom. The fraction of sp³-hybridized carbons (Fsp3) is 0.368. The van der Waals surface area contributed by atoms with Crippen molar-refractivity contribution in [2.45, 2.75) is 13.0 Å². The second-order valence-electron chi connectivity index (χ2n) is 6.24. The maximum Gasteiger partial charge on any atom is 0.169 e. The number of rotatable bonds is 6. The number of nitrogens with one attached hydrogen (secondary N) is 1. The molecule has 2 aromatic rings. The first-order valence-corrected chi connectivity index (χ1v) is 8.50. The highest BCUT2D eigenvalue weighted by Crippen LogP contribution is 2.33. The average Bonchev–Trinajstić information content (AvgIpc) is 2.64. The molecule has 1 aliphatic rings. The number of nitrogen functional groups attached to an aromatic ring is 2. The third-order valence-electron chi connectivity index (χ3n) is 4.23. The number of benzene rings is 2. The molecule has 6 heteroatoms. The minimum absolute atomic E-state index is 0.165. The van der Waals surface area contributed by atoms with E-state index in [0.717, 1.165) is 19.7 Å². The summed E-state index contributed by atoms with van der Waals surface area (Å²) in [6.45, 7) is 5.19. The van der Waals surface area contributed by atoms with Crippen LogP contribution in [0.2, 0.25) is 0 Å². The second-order valence-corrected chi connectivity index (χ2v) is 6.24. The third-order valence-corrected chi connectivity index (χ3v) is 4.23. The molecule has 6 nitrogen and oxygen atoms in total. The predicted octanol–water partition coefficient (Wildman–Crippen LogP) is 2.65. The van der Waals surface area contributed by atoms with Crippen molar-refractivity contribution in [3.8, 4) is 17.2 Å². The van der Waals surface area contributed by atoms with Crippen LogP contribution >= 0.6 is 0 Å². The quantitative estimate of drug-likeness (QED) is 0.699. The molecular formula is C19H25N3O3. The molecule has 1 aliphatic heterocycles. The summed E-state index contributed by atoms with van der Waals surface area (Å²) in [5.41, 5.74) is 12.6. The lowest BCUT2D eigenvalue weighted by molar-refractivity contribution is -0.0160. The Hall–Kier alpha value is -2.44. The molecule has 0 spiro atoms. The predicted molar refractivity (Wildman–Crippen MR) is 99.1 cm³/mol. The van der Waals surface area contributed by atoms with Gasteiger partial charge < -0.3 is 31.0 Å². The zero-order valence-corrected chi connectivity index (χ0v) is 14.4. The van der Waals surface area contributed by atoms with E-state index in [0.29, 0.717) is 35.2 Å². The van der Waals surface area contributed by atoms with E-state index in [4.69, 9.17) is 25.7 Å². The van der Waals surface area contributed by atoms with Crippen LogP contribution in [0, 0.1) is 5.92 Å². The number of anilines is 2. The van der Waals surface area contributed by atoms with Gasteiger partial charge in [-0.15, -0.1) is 0 Å². The number of hydrogen-bond acceptors (Lipinski definition) is 6. The minimum atomic E-state index is 0.165. The fourth-order valence-corrected chi connectivity index (χ4v) is 2.68. The first kappa shape index (κ1) is 17.4. The number of morpholine rings is 1. The molecule has 0 aliphatic carbocycles. The maximum absolute atomic E-state index is 5.99. The van der Waals surface area contributed by atoms with E-state index < -0.39 is 0 Å². The van der Waals surface area contributed by atoms with Gasteiger partial charge in [-0.25, -0.2) is 0 Å². The van der Waals surface area contributed by atoms with E-state index in [-0.39, 0.29) is 12.0 Å². The van der Waals surface area contributed by atoms with Crippen molar-refractivity contribution in [3.63, 3.8) is 0 Å². The van der Waals surface area contributed by atoms with Gasteiger partial charge in [0, 0.05) is 25.1 Å². The summed E-state index contributed by atoms with van der Waals surface area (Å²) >= 11 is 0. The van der Waals surface area contributed by atoms with Gasteiger partial charge in [-0.05, 0) is 24.3 Å². The molecule has 0 amide bonds. The van der Waals surface area contributed by atoms with Gasteiger partial charge in [0.15, 0.2) is 11.5 Å². The van der Waals surface area contributed by atoms with Crippen molar-refractivity contribution in [3.05, 3.63) is 42.5 Å². The standard InChI is InChI=1S/C19H25N3O3/c1-13(19-11-22-8-9-23-19)12-24-17-4-2-3-5-18(17)25-14-6-7-15(20)16(21)10-14/h2-7,10,13,19,22H,8-9,11-12,20-21H2,1H3. The Balaban J connectivity index is 1.65. The van der Waals surface area contributed by atoms with Gasteiger partial charge >= 0.3 is 0 Å². The largest absolute Gasteiger partial charge is 0.489 e. The smallest absolute Gasteiger partial charge is 0.169 e. The van der Waals surface area contributed by atoms with Crippen molar-refractivity contribution in [2.24, 2.45) is 5.92 Å². The molecule has 25 heavy (non-hydrogen) atoms. The SMILES string of the molecule is CC(COc1ccccc1Oc1ccc(N)c(N)c1)C1CNCCO1. The van der Waals surface area contributed by atoms with E-state index in [2.05, 4.69) is 12.2 Å². The molecule has 1 heterocycles. The average molecular weight is 343 g/mol. The van der Waals surface area contributed by atoms with Crippen LogP contribution in [0.5, 0.6) is 17.2 Å². The first-order chi connectivity index (χ1) is 12.1. The van der Waals surface area contributed by atoms with Gasteiger partial charge in [-0.1, -0.05) is 19.1 Å². The molecule has 2 aromatic carbocycles. The van der Waals surface area contributed by atoms with E-state index in [1.165, 1.54) is 0 Å². The third kappa shape index (κ3) is 4.55. The Labute approximate surface area is 148 Å². The van der Waals surface area contributed by atoms with E-state index in [1.54, 1.807) is 18.2 Å². The molecule has 0 bridgehead atoms. The van der Waals surface area contributed by atoms with Crippen LogP contribution in [-0.4, -0.2) is 32.4 Å². The van der Waals surface area contributed by atoms with Crippen LogP contribution in [0.3, 0.4) is 0 Å². The van der Waals surface area contributed by atoms with Crippen molar-refractivity contribution < 1.29 is 14.2 Å². The van der Waals surface area contributed by atoms with Gasteiger partial charge in [0.25, 0.3) is 0 Å². The van der Waals surface area contributed by atoms with Crippen molar-refractivity contribution in [1.82, 2.24) is 5.32 Å². The number of para-hydroxylation sites is 2. The molecule has 1 fully saturated rings. The van der Waals surface area contributed by atoms with Crippen molar-refractivity contribution in [1.29, 1.82) is 0 Å². The van der Waals surface area contributed by atoms with Gasteiger partial charge in [-0.2, -0.15) is 0 Å². The molecular weight excluding hydrogens is 318 g/mol. The zero-order valence-electron chi connectivity index (χ0n) is 14.4. The summed E-state index contributed by atoms with van der Waals surface area (Å²) in [5.74, 6) is 2.22. The lowest BCUT2D eigenvalue weighted by Gasteiger charge is -2.28. The second kappa shape index (κ2) is 8.09. The summed E-state index contributed by atoms with van der Waals surface area (Å²) in [5, 5.41) is 3.34. The number of ether oxygens (including phenoxy) is 3. The Morgan fingerprint density at radius 2 is 1.96 bits per heavy atom.